The third-order valence-corrected chi connectivity index (χ3v) is 3.74. The Bertz CT molecular complexity index is 596. The van der Waals surface area contributed by atoms with Crippen LogP contribution in [0.4, 0.5) is 0 Å². The van der Waals surface area contributed by atoms with Gasteiger partial charge < -0.3 is 15.6 Å². The van der Waals surface area contributed by atoms with Crippen molar-refractivity contribution in [1.82, 2.24) is 0 Å². The zero-order valence-electron chi connectivity index (χ0n) is 13.9. The molecule has 0 unspecified atom stereocenters. The van der Waals surface area contributed by atoms with Crippen LogP contribution in [-0.2, 0) is 6.61 Å². The molecule has 0 aliphatic rings. The first kappa shape index (κ1) is 19.5. The van der Waals surface area contributed by atoms with E-state index in [1.165, 1.54) is 0 Å². The van der Waals surface area contributed by atoms with Crippen molar-refractivity contribution in [2.24, 2.45) is 11.1 Å². The highest BCUT2D eigenvalue weighted by Crippen LogP contribution is 2.33. The molecule has 2 rings (SSSR count). The van der Waals surface area contributed by atoms with E-state index in [1.807, 2.05) is 75.4 Å². The summed E-state index contributed by atoms with van der Waals surface area (Å²) in [5, 5.41) is 10.4. The summed E-state index contributed by atoms with van der Waals surface area (Å²) in [6.45, 7) is 6.41. The van der Waals surface area contributed by atoms with Crippen molar-refractivity contribution in [3.05, 3.63) is 65.7 Å². The maximum atomic E-state index is 10.4. The van der Waals surface area contributed by atoms with E-state index in [2.05, 4.69) is 0 Å². The highest BCUT2D eigenvalue weighted by atomic mass is 35.5. The summed E-state index contributed by atoms with van der Waals surface area (Å²) in [4.78, 5) is 0. The topological polar surface area (TPSA) is 55.5 Å². The van der Waals surface area contributed by atoms with Crippen molar-refractivity contribution >= 4 is 12.4 Å². The lowest BCUT2D eigenvalue weighted by Crippen LogP contribution is -2.37. The summed E-state index contributed by atoms with van der Waals surface area (Å²) in [6.07, 6.45) is -0.644. The van der Waals surface area contributed by atoms with Gasteiger partial charge in [-0.1, -0.05) is 69.3 Å². The SMILES string of the molecule is CC(C)(C)[C@H](O)[C@H](N)c1ccccc1OCc1ccccc1.Cl. The van der Waals surface area contributed by atoms with E-state index >= 15 is 0 Å². The van der Waals surface area contributed by atoms with E-state index < -0.39 is 12.1 Å². The Kier molecular flexibility index (Phi) is 7.07. The number of ether oxygens (including phenoxy) is 1. The third kappa shape index (κ3) is 5.24. The van der Waals surface area contributed by atoms with Crippen LogP contribution in [-0.4, -0.2) is 11.2 Å². The number of para-hydroxylation sites is 1. The molecule has 0 radical (unpaired) electrons. The maximum absolute atomic E-state index is 10.4. The van der Waals surface area contributed by atoms with E-state index in [9.17, 15) is 5.11 Å². The predicted molar refractivity (Wildman–Crippen MR) is 96.9 cm³/mol. The molecule has 0 saturated heterocycles. The van der Waals surface area contributed by atoms with Crippen LogP contribution in [0, 0.1) is 5.41 Å². The largest absolute Gasteiger partial charge is 0.489 e. The van der Waals surface area contributed by atoms with Crippen molar-refractivity contribution in [2.45, 2.75) is 39.5 Å². The summed E-state index contributed by atoms with van der Waals surface area (Å²) >= 11 is 0. The summed E-state index contributed by atoms with van der Waals surface area (Å²) in [5.74, 6) is 0.724. The number of aliphatic hydroxyl groups is 1. The van der Waals surface area contributed by atoms with Crippen LogP contribution in [0.3, 0.4) is 0 Å². The number of aliphatic hydroxyl groups excluding tert-OH is 1. The number of rotatable bonds is 5. The second-order valence-electron chi connectivity index (χ2n) is 6.65. The number of nitrogens with two attached hydrogens (primary N) is 1. The number of halogens is 1. The molecule has 0 aromatic heterocycles. The number of benzene rings is 2. The zero-order chi connectivity index (χ0) is 16.2. The zero-order valence-corrected chi connectivity index (χ0v) is 14.7. The van der Waals surface area contributed by atoms with Crippen molar-refractivity contribution in [3.63, 3.8) is 0 Å². The molecule has 0 aliphatic heterocycles. The Morgan fingerprint density at radius 3 is 2.17 bits per heavy atom. The molecule has 0 aliphatic carbocycles. The summed E-state index contributed by atoms with van der Waals surface area (Å²) < 4.78 is 5.92. The maximum Gasteiger partial charge on any atom is 0.124 e. The molecule has 126 valence electrons. The molecule has 2 aromatic carbocycles. The van der Waals surface area contributed by atoms with Gasteiger partial charge in [-0.2, -0.15) is 0 Å². The molecule has 2 atom stereocenters. The lowest BCUT2D eigenvalue weighted by molar-refractivity contribution is 0.0392. The third-order valence-electron chi connectivity index (χ3n) is 3.74. The average molecular weight is 336 g/mol. The van der Waals surface area contributed by atoms with Gasteiger partial charge in [-0.05, 0) is 17.0 Å². The fourth-order valence-electron chi connectivity index (χ4n) is 2.33. The van der Waals surface area contributed by atoms with Gasteiger partial charge in [-0.3, -0.25) is 0 Å². The number of hydrogen-bond donors (Lipinski definition) is 2. The predicted octanol–water partition coefficient (Wildman–Crippen LogP) is 4.09. The van der Waals surface area contributed by atoms with Gasteiger partial charge in [0.25, 0.3) is 0 Å². The Hall–Kier alpha value is -1.55. The first-order valence-corrected chi connectivity index (χ1v) is 7.59. The van der Waals surface area contributed by atoms with Crippen molar-refractivity contribution in [1.29, 1.82) is 0 Å². The monoisotopic (exact) mass is 335 g/mol. The van der Waals surface area contributed by atoms with Crippen LogP contribution in [0.2, 0.25) is 0 Å². The fourth-order valence-corrected chi connectivity index (χ4v) is 2.33. The summed E-state index contributed by atoms with van der Waals surface area (Å²) in [6, 6.07) is 17.2. The van der Waals surface area contributed by atoms with Crippen molar-refractivity contribution < 1.29 is 9.84 Å². The quantitative estimate of drug-likeness (QED) is 0.865. The standard InChI is InChI=1S/C19H25NO2.ClH/c1-19(2,3)18(21)17(20)15-11-7-8-12-16(15)22-13-14-9-5-4-6-10-14;/h4-12,17-18,21H,13,20H2,1-3H3;1H/t17-,18-;/m1./s1. The van der Waals surface area contributed by atoms with Crippen LogP contribution in [0.25, 0.3) is 0 Å². The van der Waals surface area contributed by atoms with Crippen molar-refractivity contribution in [2.75, 3.05) is 0 Å². The first-order valence-electron chi connectivity index (χ1n) is 7.59. The molecule has 2 aromatic rings. The molecule has 23 heavy (non-hydrogen) atoms. The molecule has 3 N–H and O–H groups in total. The average Bonchev–Trinajstić information content (AvgIpc) is 2.52. The Morgan fingerprint density at radius 2 is 1.57 bits per heavy atom. The van der Waals surface area contributed by atoms with E-state index in [0.29, 0.717) is 6.61 Å². The van der Waals surface area contributed by atoms with Crippen molar-refractivity contribution in [3.8, 4) is 5.75 Å². The van der Waals surface area contributed by atoms with Crippen LogP contribution in [0.5, 0.6) is 5.75 Å². The summed E-state index contributed by atoms with van der Waals surface area (Å²) in [5.41, 5.74) is 7.91. The van der Waals surface area contributed by atoms with Crippen LogP contribution >= 0.6 is 12.4 Å². The van der Waals surface area contributed by atoms with E-state index in [4.69, 9.17) is 10.5 Å². The molecule has 0 bridgehead atoms. The second-order valence-corrected chi connectivity index (χ2v) is 6.65. The fraction of sp³-hybridized carbons (Fsp3) is 0.368. The molecule has 0 heterocycles. The minimum Gasteiger partial charge on any atom is -0.489 e. The summed E-state index contributed by atoms with van der Waals surface area (Å²) in [7, 11) is 0. The van der Waals surface area contributed by atoms with Gasteiger partial charge in [0.15, 0.2) is 0 Å². The van der Waals surface area contributed by atoms with Crippen LogP contribution in [0.15, 0.2) is 54.6 Å². The van der Waals surface area contributed by atoms with Gasteiger partial charge in [0.1, 0.15) is 12.4 Å². The Balaban J connectivity index is 0.00000264. The van der Waals surface area contributed by atoms with E-state index in [-0.39, 0.29) is 17.8 Å². The molecular weight excluding hydrogens is 310 g/mol. The smallest absolute Gasteiger partial charge is 0.124 e. The van der Waals surface area contributed by atoms with E-state index in [1.54, 1.807) is 0 Å². The lowest BCUT2D eigenvalue weighted by Gasteiger charge is -2.31. The number of hydrogen-bond acceptors (Lipinski definition) is 3. The molecule has 0 spiro atoms. The van der Waals surface area contributed by atoms with Gasteiger partial charge >= 0.3 is 0 Å². The van der Waals surface area contributed by atoms with Gasteiger partial charge in [0.05, 0.1) is 12.1 Å². The molecule has 0 fully saturated rings. The van der Waals surface area contributed by atoms with Gasteiger partial charge in [0.2, 0.25) is 0 Å². The minimum atomic E-state index is -0.644. The Morgan fingerprint density at radius 1 is 1.00 bits per heavy atom. The molecule has 4 heteroatoms. The highest BCUT2D eigenvalue weighted by Gasteiger charge is 2.30. The first-order chi connectivity index (χ1) is 10.4. The molecule has 3 nitrogen and oxygen atoms in total. The molecular formula is C19H26ClNO2. The van der Waals surface area contributed by atoms with Gasteiger partial charge in [0, 0.05) is 5.56 Å². The Labute approximate surface area is 144 Å². The van der Waals surface area contributed by atoms with E-state index in [0.717, 1.165) is 16.9 Å². The molecule has 0 saturated carbocycles. The second kappa shape index (κ2) is 8.34. The van der Waals surface area contributed by atoms with Gasteiger partial charge in [-0.25, -0.2) is 0 Å². The van der Waals surface area contributed by atoms with Gasteiger partial charge in [-0.15, -0.1) is 12.4 Å². The lowest BCUT2D eigenvalue weighted by atomic mass is 9.82. The molecule has 0 amide bonds. The minimum absolute atomic E-state index is 0. The van der Waals surface area contributed by atoms with Crippen LogP contribution in [0.1, 0.15) is 37.9 Å². The normalized spacial score (nSPS) is 13.8. The van der Waals surface area contributed by atoms with Crippen LogP contribution < -0.4 is 10.5 Å². The highest BCUT2D eigenvalue weighted by molar-refractivity contribution is 5.85.